The molecule has 0 N–H and O–H groups in total. The molecule has 0 aliphatic heterocycles. The first-order valence-corrected chi connectivity index (χ1v) is 8.57. The summed E-state index contributed by atoms with van der Waals surface area (Å²) in [5, 5.41) is 0.0507. The summed E-state index contributed by atoms with van der Waals surface area (Å²) in [6.07, 6.45) is -3.03. The first kappa shape index (κ1) is 18.6. The molecular formula is C17H19F3N2OS. The molecule has 1 heterocycles. The maximum Gasteiger partial charge on any atom is 0.433 e. The van der Waals surface area contributed by atoms with Gasteiger partial charge in [-0.05, 0) is 22.8 Å². The van der Waals surface area contributed by atoms with Crippen LogP contribution in [0.1, 0.15) is 37.6 Å². The molecule has 0 unspecified atom stereocenters. The van der Waals surface area contributed by atoms with E-state index in [1.54, 1.807) is 6.26 Å². The van der Waals surface area contributed by atoms with Crippen molar-refractivity contribution in [3.63, 3.8) is 0 Å². The molecule has 0 spiro atoms. The Labute approximate surface area is 142 Å². The molecule has 0 saturated heterocycles. The highest BCUT2D eigenvalue weighted by Crippen LogP contribution is 2.28. The van der Waals surface area contributed by atoms with E-state index in [9.17, 15) is 18.0 Å². The minimum Gasteiger partial charge on any atom is -0.283 e. The second kappa shape index (κ2) is 6.63. The van der Waals surface area contributed by atoms with E-state index in [1.165, 1.54) is 4.57 Å². The van der Waals surface area contributed by atoms with Crippen LogP contribution in [0.15, 0.2) is 40.3 Å². The molecule has 0 aliphatic rings. The smallest absolute Gasteiger partial charge is 0.283 e. The summed E-state index contributed by atoms with van der Waals surface area (Å²) in [5.74, 6) is 0. The summed E-state index contributed by atoms with van der Waals surface area (Å²) in [6.45, 7) is 6.47. The van der Waals surface area contributed by atoms with Crippen LogP contribution in [0.25, 0.3) is 0 Å². The van der Waals surface area contributed by atoms with Crippen molar-refractivity contribution in [1.82, 2.24) is 9.55 Å². The van der Waals surface area contributed by atoms with Crippen LogP contribution in [0.3, 0.4) is 0 Å². The van der Waals surface area contributed by atoms with Gasteiger partial charge in [-0.15, -0.1) is 0 Å². The molecule has 24 heavy (non-hydrogen) atoms. The Morgan fingerprint density at radius 1 is 1.12 bits per heavy atom. The topological polar surface area (TPSA) is 34.9 Å². The zero-order chi connectivity index (χ0) is 18.1. The third-order valence-corrected chi connectivity index (χ3v) is 4.28. The minimum absolute atomic E-state index is 0.00963. The van der Waals surface area contributed by atoms with Gasteiger partial charge in [0.2, 0.25) is 0 Å². The number of benzene rings is 1. The van der Waals surface area contributed by atoms with E-state index >= 15 is 0 Å². The number of hydrogen-bond acceptors (Lipinski definition) is 3. The lowest BCUT2D eigenvalue weighted by molar-refractivity contribution is -0.141. The molecule has 7 heteroatoms. The third kappa shape index (κ3) is 4.20. The molecule has 2 rings (SSSR count). The Morgan fingerprint density at radius 3 is 2.17 bits per heavy atom. The van der Waals surface area contributed by atoms with E-state index in [2.05, 4.69) is 25.8 Å². The summed E-state index contributed by atoms with van der Waals surface area (Å²) < 4.78 is 39.6. The fraction of sp³-hybridized carbons (Fsp3) is 0.412. The van der Waals surface area contributed by atoms with Crippen molar-refractivity contribution in [2.45, 2.75) is 44.1 Å². The Hall–Kier alpha value is -1.76. The van der Waals surface area contributed by atoms with Gasteiger partial charge in [-0.3, -0.25) is 9.36 Å². The Morgan fingerprint density at radius 2 is 1.71 bits per heavy atom. The molecule has 130 valence electrons. The standard InChI is InChI=1S/C17H19F3N2OS/c1-16(2,3)12-7-5-11(6-8-12)10-22-14(23)9-13(17(18,19)20)21-15(22)24-4/h5-9H,10H2,1-4H3. The van der Waals surface area contributed by atoms with Gasteiger partial charge >= 0.3 is 6.18 Å². The molecule has 0 saturated carbocycles. The van der Waals surface area contributed by atoms with E-state index in [0.29, 0.717) is 6.07 Å². The van der Waals surface area contributed by atoms with Gasteiger partial charge in [0.25, 0.3) is 5.56 Å². The second-order valence-electron chi connectivity index (χ2n) is 6.50. The average molecular weight is 356 g/mol. The average Bonchev–Trinajstić information content (AvgIpc) is 2.47. The highest BCUT2D eigenvalue weighted by molar-refractivity contribution is 7.98. The fourth-order valence-electron chi connectivity index (χ4n) is 2.22. The quantitative estimate of drug-likeness (QED) is 0.606. The van der Waals surface area contributed by atoms with Crippen LogP contribution < -0.4 is 5.56 Å². The van der Waals surface area contributed by atoms with Crippen molar-refractivity contribution < 1.29 is 13.2 Å². The fourth-order valence-corrected chi connectivity index (χ4v) is 2.79. The molecule has 0 aliphatic carbocycles. The first-order valence-electron chi connectivity index (χ1n) is 7.35. The third-order valence-electron chi connectivity index (χ3n) is 3.61. The predicted octanol–water partition coefficient (Wildman–Crippen LogP) is 4.33. The molecular weight excluding hydrogens is 337 g/mol. The van der Waals surface area contributed by atoms with E-state index in [1.807, 2.05) is 24.3 Å². The minimum atomic E-state index is -4.63. The molecule has 1 aromatic carbocycles. The normalized spacial score (nSPS) is 12.5. The summed E-state index contributed by atoms with van der Waals surface area (Å²) in [5.41, 5.74) is 0.129. The zero-order valence-electron chi connectivity index (χ0n) is 13.9. The zero-order valence-corrected chi connectivity index (χ0v) is 14.8. The van der Waals surface area contributed by atoms with E-state index in [0.717, 1.165) is 22.9 Å². The van der Waals surface area contributed by atoms with Crippen molar-refractivity contribution >= 4 is 11.8 Å². The SMILES string of the molecule is CSc1nc(C(F)(F)F)cc(=O)n1Cc1ccc(C(C)(C)C)cc1. The highest BCUT2D eigenvalue weighted by Gasteiger charge is 2.34. The van der Waals surface area contributed by atoms with Gasteiger partial charge in [-0.1, -0.05) is 56.8 Å². The van der Waals surface area contributed by atoms with Crippen LogP contribution in [0.5, 0.6) is 0 Å². The van der Waals surface area contributed by atoms with Crippen molar-refractivity contribution in [3.05, 3.63) is 57.5 Å². The monoisotopic (exact) mass is 356 g/mol. The molecule has 1 aromatic heterocycles. The lowest BCUT2D eigenvalue weighted by Gasteiger charge is -2.19. The van der Waals surface area contributed by atoms with E-state index in [4.69, 9.17) is 0 Å². The van der Waals surface area contributed by atoms with Gasteiger partial charge in [-0.2, -0.15) is 13.2 Å². The van der Waals surface area contributed by atoms with Crippen LogP contribution in [0, 0.1) is 0 Å². The second-order valence-corrected chi connectivity index (χ2v) is 7.27. The molecule has 0 amide bonds. The van der Waals surface area contributed by atoms with Gasteiger partial charge in [0.1, 0.15) is 0 Å². The number of nitrogens with zero attached hydrogens (tertiary/aromatic N) is 2. The molecule has 0 bridgehead atoms. The highest BCUT2D eigenvalue weighted by atomic mass is 32.2. The van der Waals surface area contributed by atoms with Crippen LogP contribution in [-0.4, -0.2) is 15.8 Å². The van der Waals surface area contributed by atoms with Crippen molar-refractivity contribution in [2.75, 3.05) is 6.26 Å². The number of rotatable bonds is 3. The van der Waals surface area contributed by atoms with Crippen LogP contribution in [0.2, 0.25) is 0 Å². The summed E-state index contributed by atoms with van der Waals surface area (Å²) in [7, 11) is 0. The molecule has 2 aromatic rings. The van der Waals surface area contributed by atoms with Gasteiger partial charge < -0.3 is 0 Å². The Kier molecular flexibility index (Phi) is 5.13. The lowest BCUT2D eigenvalue weighted by Crippen LogP contribution is -2.26. The van der Waals surface area contributed by atoms with Gasteiger partial charge in [-0.25, -0.2) is 4.98 Å². The summed E-state index contributed by atoms with van der Waals surface area (Å²) in [4.78, 5) is 15.7. The molecule has 0 atom stereocenters. The number of thioether (sulfide) groups is 1. The van der Waals surface area contributed by atoms with Crippen molar-refractivity contribution in [1.29, 1.82) is 0 Å². The largest absolute Gasteiger partial charge is 0.433 e. The number of alkyl halides is 3. The van der Waals surface area contributed by atoms with Crippen LogP contribution >= 0.6 is 11.8 Å². The van der Waals surface area contributed by atoms with Crippen molar-refractivity contribution in [3.8, 4) is 0 Å². The van der Waals surface area contributed by atoms with Crippen LogP contribution in [-0.2, 0) is 18.1 Å². The number of halogens is 3. The Bertz CT molecular complexity index is 774. The number of hydrogen-bond donors (Lipinski definition) is 0. The predicted molar refractivity (Wildman–Crippen MR) is 89.5 cm³/mol. The maximum atomic E-state index is 12.8. The summed E-state index contributed by atoms with van der Waals surface area (Å²) >= 11 is 1.02. The molecule has 0 radical (unpaired) electrons. The van der Waals surface area contributed by atoms with Gasteiger partial charge in [0, 0.05) is 6.07 Å². The van der Waals surface area contributed by atoms with E-state index in [-0.39, 0.29) is 17.1 Å². The van der Waals surface area contributed by atoms with E-state index < -0.39 is 17.4 Å². The van der Waals surface area contributed by atoms with Gasteiger partial charge in [0.05, 0.1) is 6.54 Å². The first-order chi connectivity index (χ1) is 11.0. The van der Waals surface area contributed by atoms with Crippen LogP contribution in [0.4, 0.5) is 13.2 Å². The maximum absolute atomic E-state index is 12.8. The Balaban J connectivity index is 2.38. The van der Waals surface area contributed by atoms with Gasteiger partial charge in [0.15, 0.2) is 10.9 Å². The summed E-state index contributed by atoms with van der Waals surface area (Å²) in [6, 6.07) is 8.25. The lowest BCUT2D eigenvalue weighted by atomic mass is 9.87. The molecule has 3 nitrogen and oxygen atoms in total. The van der Waals surface area contributed by atoms with Crippen molar-refractivity contribution in [2.24, 2.45) is 0 Å². The molecule has 0 fully saturated rings. The number of aromatic nitrogens is 2.